The van der Waals surface area contributed by atoms with Gasteiger partial charge in [0.1, 0.15) is 0 Å². The van der Waals surface area contributed by atoms with Crippen molar-refractivity contribution in [3.05, 3.63) is 0 Å². The molecule has 0 N–H and O–H groups in total. The van der Waals surface area contributed by atoms with Crippen molar-refractivity contribution in [2.45, 2.75) is 27.4 Å². The van der Waals surface area contributed by atoms with Crippen LogP contribution < -0.4 is 0 Å². The summed E-state index contributed by atoms with van der Waals surface area (Å²) in [7, 11) is 0. The summed E-state index contributed by atoms with van der Waals surface area (Å²) >= 11 is 0. The van der Waals surface area contributed by atoms with E-state index in [1.807, 2.05) is 0 Å². The lowest BCUT2D eigenvalue weighted by Gasteiger charge is -2.05. The molecule has 0 aromatic rings. The Morgan fingerprint density at radius 1 is 1.20 bits per heavy atom. The zero-order valence-electron chi connectivity index (χ0n) is 14.5. The minimum atomic E-state index is -3.75. The van der Waals surface area contributed by atoms with E-state index in [-0.39, 0.29) is 0 Å². The van der Waals surface area contributed by atoms with Crippen molar-refractivity contribution < 1.29 is 16.4 Å². The Kier molecular flexibility index (Phi) is 0.0625. The summed E-state index contributed by atoms with van der Waals surface area (Å²) in [5.74, 6) is 0. The maximum atomic E-state index is 7.06. The van der Waals surface area contributed by atoms with Crippen molar-refractivity contribution in [3.8, 4) is 0 Å². The molecule has 0 aromatic carbocycles. The number of hydrogen-bond acceptors (Lipinski definition) is 0. The Balaban J connectivity index is 6.37. The summed E-state index contributed by atoms with van der Waals surface area (Å²) in [5, 5.41) is 0. The van der Waals surface area contributed by atoms with E-state index in [1.54, 1.807) is 0 Å². The molecule has 5 heavy (non-hydrogen) atoms. The Bertz CT molecular complexity index is 208. The molecule has 0 saturated heterocycles. The molecule has 0 radical (unpaired) electrons. The second-order valence-electron chi connectivity index (χ2n) is 0.750. The third-order valence-corrected chi connectivity index (χ3v) is 0. The third kappa shape index (κ3) is 0. The van der Waals surface area contributed by atoms with Gasteiger partial charge in [-0.1, -0.05) is 27.4 Å². The van der Waals surface area contributed by atoms with E-state index in [0.717, 1.165) is 0 Å². The zero-order valence-corrected chi connectivity index (χ0v) is 2.50. The first-order valence-corrected chi connectivity index (χ1v) is 1.00. The summed E-state index contributed by atoms with van der Waals surface area (Å²) in [6.07, 6.45) is 0. The van der Waals surface area contributed by atoms with Crippen LogP contribution in [0.5, 0.6) is 0 Å². The highest BCUT2D eigenvalue weighted by atomic mass is 14.0. The van der Waals surface area contributed by atoms with Crippen LogP contribution in [0.3, 0.4) is 0 Å². The van der Waals surface area contributed by atoms with Gasteiger partial charge in [0, 0.05) is 16.4 Å². The van der Waals surface area contributed by atoms with Crippen LogP contribution in [0.15, 0.2) is 0 Å². The topological polar surface area (TPSA) is 0 Å². The SMILES string of the molecule is [2H]C([2H])([2H])C(C([2H])([2H])[2H])(C([2H])([2H])[2H])C([2H])([2H])[2H]. The van der Waals surface area contributed by atoms with Crippen LogP contribution in [0.1, 0.15) is 43.9 Å². The van der Waals surface area contributed by atoms with Crippen LogP contribution in [-0.4, -0.2) is 0 Å². The van der Waals surface area contributed by atoms with Gasteiger partial charge in [-0.05, 0) is 5.41 Å². The monoisotopic (exact) mass is 84.2 g/mol. The number of rotatable bonds is 0. The third-order valence-electron chi connectivity index (χ3n) is 0. The molecule has 0 fully saturated rings. The van der Waals surface area contributed by atoms with Gasteiger partial charge in [0.05, 0.1) is 0 Å². The van der Waals surface area contributed by atoms with Crippen LogP contribution in [0.2, 0.25) is 0 Å². The predicted octanol–water partition coefficient (Wildman–Crippen LogP) is 2.05. The quantitative estimate of drug-likeness (QED) is 0.421. The molecular formula is C5H12. The van der Waals surface area contributed by atoms with Gasteiger partial charge in [0.15, 0.2) is 0 Å². The second kappa shape index (κ2) is 1.00. The molecule has 0 aliphatic rings. The van der Waals surface area contributed by atoms with Gasteiger partial charge in [0.2, 0.25) is 0 Å². The van der Waals surface area contributed by atoms with E-state index in [0.29, 0.717) is 0 Å². The molecule has 0 nitrogen and oxygen atoms in total. The highest BCUT2D eigenvalue weighted by Gasteiger charge is 1.95. The van der Waals surface area contributed by atoms with Gasteiger partial charge in [-0.2, -0.15) is 0 Å². The van der Waals surface area contributed by atoms with Crippen molar-refractivity contribution in [1.82, 2.24) is 0 Å². The van der Waals surface area contributed by atoms with Crippen LogP contribution in [-0.2, 0) is 0 Å². The van der Waals surface area contributed by atoms with Crippen molar-refractivity contribution in [2.24, 2.45) is 5.41 Å². The Morgan fingerprint density at radius 2 is 1.60 bits per heavy atom. The minimum Gasteiger partial charge on any atom is -0.0604 e. The van der Waals surface area contributed by atoms with Crippen molar-refractivity contribution in [1.29, 1.82) is 0 Å². The van der Waals surface area contributed by atoms with Crippen LogP contribution in [0, 0.1) is 5.41 Å². The lowest BCUT2D eigenvalue weighted by molar-refractivity contribution is 0.469. The molecule has 32 valence electrons. The van der Waals surface area contributed by atoms with E-state index >= 15 is 0 Å². The predicted molar refractivity (Wildman–Crippen MR) is 25.1 cm³/mol. The molecule has 0 bridgehead atoms. The molecule has 0 heteroatoms. The summed E-state index contributed by atoms with van der Waals surface area (Å²) in [6, 6.07) is 0. The lowest BCUT2D eigenvalue weighted by atomic mass is 10.0. The maximum Gasteiger partial charge on any atom is 0.0236 e. The normalized spacial score (nSPS) is 57.6. The molecule has 0 unspecified atom stereocenters. The fourth-order valence-electron chi connectivity index (χ4n) is 0. The molecule has 0 aliphatic carbocycles. The molecule has 0 amide bonds. The number of hydrogen-bond donors (Lipinski definition) is 0. The minimum absolute atomic E-state index is 3.67. The fourth-order valence-corrected chi connectivity index (χ4v) is 0. The summed E-state index contributed by atoms with van der Waals surface area (Å²) in [5.41, 5.74) is -3.75. The first-order chi connectivity index (χ1) is 7.00. The van der Waals surface area contributed by atoms with E-state index in [2.05, 4.69) is 0 Å². The van der Waals surface area contributed by atoms with E-state index in [4.69, 9.17) is 16.4 Å². The molecule has 0 spiro atoms. The van der Waals surface area contributed by atoms with Gasteiger partial charge < -0.3 is 0 Å². The largest absolute Gasteiger partial charge is 0.0604 e. The molecule has 0 saturated carbocycles. The standard InChI is InChI=1S/C5H12/c1-5(2,3)4/h1-4H3/i1D3,2D3,3D3,4D3. The van der Waals surface area contributed by atoms with Crippen molar-refractivity contribution >= 4 is 0 Å². The Hall–Kier alpha value is 0. The van der Waals surface area contributed by atoms with Crippen LogP contribution in [0.4, 0.5) is 0 Å². The molecular weight excluding hydrogens is 60.1 g/mol. The van der Waals surface area contributed by atoms with Gasteiger partial charge >= 0.3 is 0 Å². The summed E-state index contributed by atoms with van der Waals surface area (Å²) in [6.45, 7) is -14.7. The Labute approximate surface area is 51.1 Å². The average molecular weight is 84.2 g/mol. The zero-order chi connectivity index (χ0) is 14.5. The second-order valence-corrected chi connectivity index (χ2v) is 0.750. The molecule has 0 heterocycles. The van der Waals surface area contributed by atoms with Gasteiger partial charge in [-0.25, -0.2) is 0 Å². The van der Waals surface area contributed by atoms with E-state index < -0.39 is 32.8 Å². The molecule has 0 atom stereocenters. The first kappa shape index (κ1) is 0.312. The first-order valence-electron chi connectivity index (χ1n) is 7.00. The molecule has 0 rings (SSSR count). The van der Waals surface area contributed by atoms with Crippen molar-refractivity contribution in [3.63, 3.8) is 0 Å². The maximum absolute atomic E-state index is 7.06. The highest BCUT2D eigenvalue weighted by Crippen LogP contribution is 2.07. The lowest BCUT2D eigenvalue weighted by Crippen LogP contribution is -1.93. The Morgan fingerprint density at radius 3 is 1.60 bits per heavy atom. The summed E-state index contributed by atoms with van der Waals surface area (Å²) in [4.78, 5) is 0. The van der Waals surface area contributed by atoms with Gasteiger partial charge in [-0.15, -0.1) is 0 Å². The van der Waals surface area contributed by atoms with Gasteiger partial charge in [-0.3, -0.25) is 0 Å². The van der Waals surface area contributed by atoms with Crippen molar-refractivity contribution in [2.75, 3.05) is 0 Å². The average Bonchev–Trinajstić information content (AvgIpc) is 1.67. The van der Waals surface area contributed by atoms with E-state index in [1.165, 1.54) is 0 Å². The molecule has 0 aliphatic heterocycles. The smallest absolute Gasteiger partial charge is 0.0236 e. The highest BCUT2D eigenvalue weighted by molar-refractivity contribution is 4.47. The van der Waals surface area contributed by atoms with Crippen LogP contribution in [0.25, 0.3) is 0 Å². The van der Waals surface area contributed by atoms with Gasteiger partial charge in [0.25, 0.3) is 0 Å². The molecule has 0 aromatic heterocycles. The van der Waals surface area contributed by atoms with E-state index in [9.17, 15) is 0 Å². The van der Waals surface area contributed by atoms with Crippen LogP contribution >= 0.6 is 0 Å². The fraction of sp³-hybridized carbons (Fsp3) is 1.00. The summed E-state index contributed by atoms with van der Waals surface area (Å²) < 4.78 is 84.7.